The Balaban J connectivity index is 1.77. The molecule has 1 aromatic carbocycles. The summed E-state index contributed by atoms with van der Waals surface area (Å²) in [7, 11) is 6.52. The van der Waals surface area contributed by atoms with E-state index < -0.39 is 35.7 Å². The van der Waals surface area contributed by atoms with Gasteiger partial charge in [-0.1, -0.05) is 57.5 Å². The van der Waals surface area contributed by atoms with Crippen LogP contribution in [0.1, 0.15) is 83.2 Å². The standard InChI is InChI=1S/C39H62N6O6S/c1-10-25(2)34(44(7)37(48)29(24-40)43-38(49)39(4,5)41-6)32(50-8)23-33(47)45-19-14-17-30(45)35(51-9)26(3)31(46)22-28(36-42-18-20-52-36)21-27-15-12-11-13-16-27/h11-13,15-16,18,20,25-26,28-30,32,34-35,41H,10,14,17,19,21-24,40H2,1-9H3,(H,43,49)/t25-,26-,28+,29-,30-,32+,34-,35+/m0/s1. The molecule has 1 aliphatic rings. The maximum atomic E-state index is 14.2. The van der Waals surface area contributed by atoms with Gasteiger partial charge >= 0.3 is 0 Å². The van der Waals surface area contributed by atoms with E-state index in [1.807, 2.05) is 49.3 Å². The molecule has 290 valence electrons. The van der Waals surface area contributed by atoms with Gasteiger partial charge in [0.25, 0.3) is 0 Å². The Morgan fingerprint density at radius 1 is 1.12 bits per heavy atom. The Morgan fingerprint density at radius 3 is 2.37 bits per heavy atom. The zero-order valence-electron chi connectivity index (χ0n) is 32.6. The fraction of sp³-hybridized carbons (Fsp3) is 0.667. The first-order chi connectivity index (χ1) is 24.7. The van der Waals surface area contributed by atoms with Gasteiger partial charge in [0.15, 0.2) is 0 Å². The third kappa shape index (κ3) is 10.9. The molecule has 52 heavy (non-hydrogen) atoms. The van der Waals surface area contributed by atoms with Crippen LogP contribution in [0.15, 0.2) is 41.9 Å². The smallest absolute Gasteiger partial charge is 0.246 e. The summed E-state index contributed by atoms with van der Waals surface area (Å²) >= 11 is 1.56. The van der Waals surface area contributed by atoms with Gasteiger partial charge in [-0.2, -0.15) is 0 Å². The van der Waals surface area contributed by atoms with Crippen molar-refractivity contribution in [3.63, 3.8) is 0 Å². The van der Waals surface area contributed by atoms with Crippen molar-refractivity contribution in [3.05, 3.63) is 52.5 Å². The van der Waals surface area contributed by atoms with Gasteiger partial charge in [0.2, 0.25) is 17.7 Å². The van der Waals surface area contributed by atoms with Gasteiger partial charge in [-0.15, -0.1) is 11.3 Å². The number of thiazole rings is 1. The van der Waals surface area contributed by atoms with Crippen molar-refractivity contribution in [1.29, 1.82) is 0 Å². The first-order valence-corrected chi connectivity index (χ1v) is 19.4. The molecule has 0 spiro atoms. The molecule has 0 saturated carbocycles. The monoisotopic (exact) mass is 742 g/mol. The lowest BCUT2D eigenvalue weighted by atomic mass is 9.85. The van der Waals surface area contributed by atoms with Gasteiger partial charge in [0.1, 0.15) is 11.8 Å². The topological polar surface area (TPSA) is 156 Å². The number of nitrogens with two attached hydrogens (primary N) is 1. The average molecular weight is 743 g/mol. The number of rotatable bonds is 21. The van der Waals surface area contributed by atoms with Crippen LogP contribution in [0.5, 0.6) is 0 Å². The Morgan fingerprint density at radius 2 is 1.81 bits per heavy atom. The summed E-state index contributed by atoms with van der Waals surface area (Å²) in [5.74, 6) is -1.28. The number of carbonyl (C=O) groups is 4. The summed E-state index contributed by atoms with van der Waals surface area (Å²) in [6, 6.07) is 8.43. The van der Waals surface area contributed by atoms with Crippen molar-refractivity contribution in [1.82, 2.24) is 25.4 Å². The maximum absolute atomic E-state index is 14.2. The molecular formula is C39H62N6O6S. The van der Waals surface area contributed by atoms with E-state index in [0.717, 1.165) is 23.4 Å². The van der Waals surface area contributed by atoms with Gasteiger partial charge in [-0.25, -0.2) is 4.98 Å². The fourth-order valence-corrected chi connectivity index (χ4v) is 8.01. The zero-order valence-corrected chi connectivity index (χ0v) is 33.4. The number of ketones is 1. The molecule has 0 aliphatic carbocycles. The maximum Gasteiger partial charge on any atom is 0.246 e. The van der Waals surface area contributed by atoms with Crippen LogP contribution in [0.25, 0.3) is 0 Å². The molecule has 0 radical (unpaired) electrons. The number of benzene rings is 1. The van der Waals surface area contributed by atoms with Crippen molar-refractivity contribution in [2.45, 2.75) is 115 Å². The number of nitrogens with zero attached hydrogens (tertiary/aromatic N) is 3. The highest BCUT2D eigenvalue weighted by Crippen LogP contribution is 2.33. The van der Waals surface area contributed by atoms with Crippen LogP contribution >= 0.6 is 11.3 Å². The summed E-state index contributed by atoms with van der Waals surface area (Å²) in [5, 5.41) is 8.61. The molecule has 4 N–H and O–H groups in total. The second kappa shape index (κ2) is 20.3. The minimum atomic E-state index is -0.947. The van der Waals surface area contributed by atoms with E-state index in [-0.39, 0.29) is 54.3 Å². The number of hydrogen-bond acceptors (Lipinski definition) is 10. The number of carbonyl (C=O) groups excluding carboxylic acids is 4. The summed E-state index contributed by atoms with van der Waals surface area (Å²) in [5.41, 5.74) is 6.25. The molecule has 1 saturated heterocycles. The van der Waals surface area contributed by atoms with Crippen molar-refractivity contribution >= 4 is 34.8 Å². The van der Waals surface area contributed by atoms with Crippen LogP contribution in [0.2, 0.25) is 0 Å². The number of likely N-dealkylation sites (tertiary alicyclic amines) is 1. The van der Waals surface area contributed by atoms with E-state index in [1.54, 1.807) is 64.6 Å². The first kappa shape index (κ1) is 43.2. The molecule has 0 unspecified atom stereocenters. The van der Waals surface area contributed by atoms with Gasteiger partial charge < -0.3 is 35.6 Å². The zero-order chi connectivity index (χ0) is 38.6. The van der Waals surface area contributed by atoms with Crippen LogP contribution in [-0.2, 0) is 35.1 Å². The lowest BCUT2D eigenvalue weighted by molar-refractivity contribution is -0.147. The minimum absolute atomic E-state index is 0.0324. The largest absolute Gasteiger partial charge is 0.379 e. The second-order valence-electron chi connectivity index (χ2n) is 14.7. The van der Waals surface area contributed by atoms with Gasteiger partial charge in [-0.3, -0.25) is 19.2 Å². The number of ether oxygens (including phenoxy) is 2. The highest BCUT2D eigenvalue weighted by atomic mass is 32.1. The molecule has 1 aliphatic heterocycles. The Kier molecular flexibility index (Phi) is 16.8. The number of methoxy groups -OCH3 is 2. The van der Waals surface area contributed by atoms with E-state index in [9.17, 15) is 19.2 Å². The van der Waals surface area contributed by atoms with Crippen LogP contribution in [0.3, 0.4) is 0 Å². The summed E-state index contributed by atoms with van der Waals surface area (Å²) in [6.07, 6.45) is 3.96. The molecule has 8 atom stereocenters. The average Bonchev–Trinajstić information content (AvgIpc) is 3.87. The molecule has 12 nitrogen and oxygen atoms in total. The number of likely N-dealkylation sites (N-methyl/N-ethyl adjacent to an activating group) is 2. The molecule has 0 bridgehead atoms. The second-order valence-corrected chi connectivity index (χ2v) is 15.6. The molecule has 3 rings (SSSR count). The molecular weight excluding hydrogens is 681 g/mol. The van der Waals surface area contributed by atoms with E-state index in [2.05, 4.69) is 27.8 Å². The van der Waals surface area contributed by atoms with Gasteiger partial charge in [0, 0.05) is 64.2 Å². The predicted octanol–water partition coefficient (Wildman–Crippen LogP) is 3.79. The predicted molar refractivity (Wildman–Crippen MR) is 205 cm³/mol. The summed E-state index contributed by atoms with van der Waals surface area (Å²) in [4.78, 5) is 62.8. The fourth-order valence-electron chi connectivity index (χ4n) is 7.27. The van der Waals surface area contributed by atoms with E-state index in [4.69, 9.17) is 15.2 Å². The number of amides is 3. The molecule has 13 heteroatoms. The molecule has 1 fully saturated rings. The summed E-state index contributed by atoms with van der Waals surface area (Å²) in [6.45, 7) is 9.86. The van der Waals surface area contributed by atoms with Crippen molar-refractivity contribution < 1.29 is 28.7 Å². The van der Waals surface area contributed by atoms with Crippen LogP contribution in [0, 0.1) is 11.8 Å². The van der Waals surface area contributed by atoms with Crippen LogP contribution in [-0.4, -0.2) is 116 Å². The van der Waals surface area contributed by atoms with Crippen molar-refractivity contribution in [3.8, 4) is 0 Å². The lowest BCUT2D eigenvalue weighted by Crippen LogP contribution is -2.61. The van der Waals surface area contributed by atoms with Gasteiger partial charge in [0.05, 0.1) is 41.3 Å². The third-order valence-corrected chi connectivity index (χ3v) is 11.9. The highest BCUT2D eigenvalue weighted by Gasteiger charge is 2.43. The quantitative estimate of drug-likeness (QED) is 0.173. The molecule has 3 amide bonds. The Bertz CT molecular complexity index is 1430. The van der Waals surface area contributed by atoms with Crippen LogP contribution in [0.4, 0.5) is 0 Å². The lowest BCUT2D eigenvalue weighted by Gasteiger charge is -2.40. The number of Topliss-reactive ketones (excluding diaryl/α,β-unsaturated/α-hetero) is 1. The van der Waals surface area contributed by atoms with E-state index in [1.165, 1.54) is 0 Å². The number of aromatic nitrogens is 1. The Hall–Kier alpha value is -3.23. The number of hydrogen-bond donors (Lipinski definition) is 3. The molecule has 2 aromatic rings. The van der Waals surface area contributed by atoms with Crippen molar-refractivity contribution in [2.24, 2.45) is 17.6 Å². The molecule has 2 heterocycles. The van der Waals surface area contributed by atoms with E-state index in [0.29, 0.717) is 25.8 Å². The molecule has 1 aromatic heterocycles. The minimum Gasteiger partial charge on any atom is -0.379 e. The third-order valence-electron chi connectivity index (χ3n) is 11.0. The van der Waals surface area contributed by atoms with Crippen molar-refractivity contribution in [2.75, 3.05) is 41.4 Å². The number of nitrogens with one attached hydrogen (secondary N) is 2. The van der Waals surface area contributed by atoms with Gasteiger partial charge in [-0.05, 0) is 51.6 Å². The van der Waals surface area contributed by atoms with E-state index >= 15 is 0 Å². The summed E-state index contributed by atoms with van der Waals surface area (Å²) < 4.78 is 12.0. The first-order valence-electron chi connectivity index (χ1n) is 18.5. The van der Waals surface area contributed by atoms with Crippen LogP contribution < -0.4 is 16.4 Å². The highest BCUT2D eigenvalue weighted by molar-refractivity contribution is 7.09. The Labute approximate surface area is 314 Å². The normalized spacial score (nSPS) is 18.9. The SMILES string of the molecule is CC[C@H](C)[C@@H]([C@@H](CC(=O)N1CCC[C@H]1[C@H](OC)[C@@H](C)C(=O)C[C@@H](Cc1ccccc1)c1nccs1)OC)N(C)C(=O)[C@H](CN)NC(=O)C(C)(C)NC.